The molecule has 0 saturated carbocycles. The highest BCUT2D eigenvalue weighted by atomic mass is 15.1. The lowest BCUT2D eigenvalue weighted by Crippen LogP contribution is -2.25. The first-order valence-corrected chi connectivity index (χ1v) is 6.18. The summed E-state index contributed by atoms with van der Waals surface area (Å²) in [5.41, 5.74) is 1.29. The molecule has 1 aromatic heterocycles. The first-order chi connectivity index (χ1) is 7.79. The van der Waals surface area contributed by atoms with E-state index in [0.29, 0.717) is 0 Å². The van der Waals surface area contributed by atoms with Crippen molar-refractivity contribution in [1.29, 1.82) is 0 Å². The first-order valence-electron chi connectivity index (χ1n) is 6.18. The van der Waals surface area contributed by atoms with Gasteiger partial charge in [0.15, 0.2) is 0 Å². The smallest absolute Gasteiger partial charge is 0.0948 e. The van der Waals surface area contributed by atoms with Gasteiger partial charge in [-0.25, -0.2) is 4.98 Å². The number of aromatic nitrogens is 2. The summed E-state index contributed by atoms with van der Waals surface area (Å²) in [6, 6.07) is 0. The van der Waals surface area contributed by atoms with E-state index in [0.717, 1.165) is 25.6 Å². The highest BCUT2D eigenvalue weighted by Gasteiger charge is 2.18. The fourth-order valence-electron chi connectivity index (χ4n) is 2.38. The molecule has 1 aliphatic rings. The number of likely N-dealkylation sites (tertiary alicyclic amines) is 1. The first kappa shape index (κ1) is 11.6. The third-order valence-corrected chi connectivity index (χ3v) is 3.37. The molecule has 16 heavy (non-hydrogen) atoms. The Labute approximate surface area is 97.7 Å². The van der Waals surface area contributed by atoms with E-state index in [1.165, 1.54) is 25.2 Å². The molecule has 1 fully saturated rings. The van der Waals surface area contributed by atoms with Gasteiger partial charge in [-0.1, -0.05) is 0 Å². The van der Waals surface area contributed by atoms with Crippen molar-refractivity contribution in [3.05, 3.63) is 18.2 Å². The van der Waals surface area contributed by atoms with Gasteiger partial charge in [0.25, 0.3) is 0 Å². The zero-order chi connectivity index (χ0) is 11.4. The fourth-order valence-corrected chi connectivity index (χ4v) is 2.38. The van der Waals surface area contributed by atoms with E-state index in [1.807, 2.05) is 12.5 Å². The maximum atomic E-state index is 4.17. The SMILES string of the molecule is CCn1cncc1CNCC1CCN(C)C1. The fraction of sp³-hybridized carbons (Fsp3) is 0.750. The van der Waals surface area contributed by atoms with Crippen molar-refractivity contribution in [2.45, 2.75) is 26.4 Å². The maximum Gasteiger partial charge on any atom is 0.0948 e. The molecular weight excluding hydrogens is 200 g/mol. The molecule has 90 valence electrons. The normalized spacial score (nSPS) is 21.8. The van der Waals surface area contributed by atoms with Gasteiger partial charge in [0, 0.05) is 25.8 Å². The van der Waals surface area contributed by atoms with Crippen LogP contribution in [0.2, 0.25) is 0 Å². The van der Waals surface area contributed by atoms with Crippen molar-refractivity contribution in [2.75, 3.05) is 26.7 Å². The average molecular weight is 222 g/mol. The molecule has 4 nitrogen and oxygen atoms in total. The van der Waals surface area contributed by atoms with E-state index in [9.17, 15) is 0 Å². The lowest BCUT2D eigenvalue weighted by molar-refractivity contribution is 0.387. The van der Waals surface area contributed by atoms with Crippen molar-refractivity contribution in [2.24, 2.45) is 5.92 Å². The quantitative estimate of drug-likeness (QED) is 0.805. The van der Waals surface area contributed by atoms with Crippen molar-refractivity contribution in [1.82, 2.24) is 19.8 Å². The predicted molar refractivity (Wildman–Crippen MR) is 65.2 cm³/mol. The number of nitrogens with one attached hydrogen (secondary N) is 1. The molecule has 0 amide bonds. The number of rotatable bonds is 5. The number of hydrogen-bond donors (Lipinski definition) is 1. The summed E-state index contributed by atoms with van der Waals surface area (Å²) in [4.78, 5) is 6.58. The third kappa shape index (κ3) is 2.83. The molecule has 1 aromatic rings. The van der Waals surface area contributed by atoms with Crippen molar-refractivity contribution >= 4 is 0 Å². The average Bonchev–Trinajstić information content (AvgIpc) is 2.87. The third-order valence-electron chi connectivity index (χ3n) is 3.37. The zero-order valence-corrected chi connectivity index (χ0v) is 10.3. The highest BCUT2D eigenvalue weighted by Crippen LogP contribution is 2.13. The molecule has 0 radical (unpaired) electrons. The van der Waals surface area contributed by atoms with Crippen LogP contribution in [0.1, 0.15) is 19.0 Å². The van der Waals surface area contributed by atoms with E-state index in [4.69, 9.17) is 0 Å². The minimum absolute atomic E-state index is 0.822. The van der Waals surface area contributed by atoms with Gasteiger partial charge >= 0.3 is 0 Å². The molecule has 1 aliphatic heterocycles. The molecule has 1 unspecified atom stereocenters. The minimum atomic E-state index is 0.822. The second-order valence-corrected chi connectivity index (χ2v) is 4.72. The Morgan fingerprint density at radius 2 is 2.44 bits per heavy atom. The molecular formula is C12H22N4. The summed E-state index contributed by atoms with van der Waals surface area (Å²) in [5, 5.41) is 3.54. The van der Waals surface area contributed by atoms with Gasteiger partial charge in [0.05, 0.1) is 12.0 Å². The van der Waals surface area contributed by atoms with Crippen LogP contribution in [0.25, 0.3) is 0 Å². The summed E-state index contributed by atoms with van der Waals surface area (Å²) in [5.74, 6) is 0.822. The van der Waals surface area contributed by atoms with Gasteiger partial charge < -0.3 is 14.8 Å². The summed E-state index contributed by atoms with van der Waals surface area (Å²) in [6.45, 7) is 7.70. The standard InChI is InChI=1S/C12H22N4/c1-3-16-10-14-8-12(16)7-13-6-11-4-5-15(2)9-11/h8,10-11,13H,3-7,9H2,1-2H3. The van der Waals surface area contributed by atoms with Gasteiger partial charge in [0.1, 0.15) is 0 Å². The summed E-state index contributed by atoms with van der Waals surface area (Å²) in [7, 11) is 2.20. The van der Waals surface area contributed by atoms with E-state index >= 15 is 0 Å². The van der Waals surface area contributed by atoms with E-state index < -0.39 is 0 Å². The summed E-state index contributed by atoms with van der Waals surface area (Å²) >= 11 is 0. The van der Waals surface area contributed by atoms with Crippen molar-refractivity contribution < 1.29 is 0 Å². The highest BCUT2D eigenvalue weighted by molar-refractivity contribution is 4.97. The van der Waals surface area contributed by atoms with Crippen LogP contribution in [0.5, 0.6) is 0 Å². The summed E-state index contributed by atoms with van der Waals surface area (Å²) in [6.07, 6.45) is 5.19. The molecule has 1 saturated heterocycles. The second-order valence-electron chi connectivity index (χ2n) is 4.72. The summed E-state index contributed by atoms with van der Waals surface area (Å²) < 4.78 is 2.19. The second kappa shape index (κ2) is 5.46. The Morgan fingerprint density at radius 3 is 3.12 bits per heavy atom. The van der Waals surface area contributed by atoms with Crippen LogP contribution in [0, 0.1) is 5.92 Å². The van der Waals surface area contributed by atoms with Crippen LogP contribution in [0.4, 0.5) is 0 Å². The Kier molecular flexibility index (Phi) is 3.96. The molecule has 1 atom stereocenters. The van der Waals surface area contributed by atoms with Crippen LogP contribution in [-0.2, 0) is 13.1 Å². The van der Waals surface area contributed by atoms with Gasteiger partial charge in [-0.2, -0.15) is 0 Å². The Hall–Kier alpha value is -0.870. The lowest BCUT2D eigenvalue weighted by Gasteiger charge is -2.12. The number of imidazole rings is 1. The largest absolute Gasteiger partial charge is 0.334 e. The number of aryl methyl sites for hydroxylation is 1. The molecule has 2 rings (SSSR count). The lowest BCUT2D eigenvalue weighted by atomic mass is 10.1. The van der Waals surface area contributed by atoms with Gasteiger partial charge in [0.2, 0.25) is 0 Å². The topological polar surface area (TPSA) is 33.1 Å². The molecule has 1 N–H and O–H groups in total. The molecule has 2 heterocycles. The van der Waals surface area contributed by atoms with Crippen molar-refractivity contribution in [3.63, 3.8) is 0 Å². The van der Waals surface area contributed by atoms with Gasteiger partial charge in [-0.15, -0.1) is 0 Å². The van der Waals surface area contributed by atoms with Crippen LogP contribution in [-0.4, -0.2) is 41.1 Å². The van der Waals surface area contributed by atoms with E-state index in [-0.39, 0.29) is 0 Å². The Balaban J connectivity index is 1.72. The molecule has 0 aromatic carbocycles. The number of hydrogen-bond acceptors (Lipinski definition) is 3. The van der Waals surface area contributed by atoms with E-state index in [2.05, 4.69) is 33.7 Å². The van der Waals surface area contributed by atoms with Crippen LogP contribution < -0.4 is 5.32 Å². The molecule has 4 heteroatoms. The van der Waals surface area contributed by atoms with Gasteiger partial charge in [-0.05, 0) is 39.4 Å². The molecule has 0 spiro atoms. The van der Waals surface area contributed by atoms with Crippen molar-refractivity contribution in [3.8, 4) is 0 Å². The Bertz CT molecular complexity index is 321. The Morgan fingerprint density at radius 1 is 1.56 bits per heavy atom. The minimum Gasteiger partial charge on any atom is -0.334 e. The van der Waals surface area contributed by atoms with Crippen LogP contribution in [0.15, 0.2) is 12.5 Å². The molecule has 0 bridgehead atoms. The zero-order valence-electron chi connectivity index (χ0n) is 10.3. The van der Waals surface area contributed by atoms with E-state index in [1.54, 1.807) is 0 Å². The van der Waals surface area contributed by atoms with Gasteiger partial charge in [-0.3, -0.25) is 0 Å². The maximum absolute atomic E-state index is 4.17. The monoisotopic (exact) mass is 222 g/mol. The van der Waals surface area contributed by atoms with Crippen LogP contribution >= 0.6 is 0 Å². The van der Waals surface area contributed by atoms with Crippen LogP contribution in [0.3, 0.4) is 0 Å². The predicted octanol–water partition coefficient (Wildman–Crippen LogP) is 0.944. The number of nitrogens with zero attached hydrogens (tertiary/aromatic N) is 3. The molecule has 0 aliphatic carbocycles.